The minimum Gasteiger partial charge on any atom is -0.495 e. The van der Waals surface area contributed by atoms with Crippen molar-refractivity contribution in [1.82, 2.24) is 10.2 Å². The summed E-state index contributed by atoms with van der Waals surface area (Å²) in [5.74, 6) is -0.528. The van der Waals surface area contributed by atoms with E-state index in [0.29, 0.717) is 6.42 Å². The van der Waals surface area contributed by atoms with E-state index in [2.05, 4.69) is 5.32 Å². The normalized spacial score (nSPS) is 14.3. The van der Waals surface area contributed by atoms with Crippen LogP contribution in [-0.2, 0) is 26.0 Å². The van der Waals surface area contributed by atoms with Crippen LogP contribution in [0.15, 0.2) is 77.7 Å². The van der Waals surface area contributed by atoms with Crippen LogP contribution in [0.1, 0.15) is 43.7 Å². The van der Waals surface area contributed by atoms with E-state index in [-0.39, 0.29) is 39.8 Å². The number of carbonyl (C=O) groups excluding carboxylic acids is 2. The van der Waals surface area contributed by atoms with Crippen molar-refractivity contribution >= 4 is 39.1 Å². The molecule has 0 spiro atoms. The van der Waals surface area contributed by atoms with Crippen LogP contribution in [0.4, 0.5) is 5.69 Å². The highest BCUT2D eigenvalue weighted by atomic mass is 35.5. The predicted octanol–water partition coefficient (Wildman–Crippen LogP) is 5.37. The SMILES string of the molecule is COc1ccc(Cl)cc1N(CC(=O)N(CCc1ccccc1)[C@@H](C)C(=O)NC1CCCC1)S(=O)(=O)c1ccc(C)cc1. The maximum atomic E-state index is 14.1. The van der Waals surface area contributed by atoms with E-state index < -0.39 is 28.5 Å². The van der Waals surface area contributed by atoms with Crippen LogP contribution in [0, 0.1) is 6.92 Å². The van der Waals surface area contributed by atoms with Gasteiger partial charge in [0.05, 0.1) is 17.7 Å². The average Bonchev–Trinajstić information content (AvgIpc) is 3.49. The van der Waals surface area contributed by atoms with Gasteiger partial charge >= 0.3 is 0 Å². The number of anilines is 1. The maximum absolute atomic E-state index is 14.1. The monoisotopic (exact) mass is 611 g/mol. The van der Waals surface area contributed by atoms with E-state index in [1.54, 1.807) is 31.2 Å². The number of carbonyl (C=O) groups is 2. The summed E-state index contributed by atoms with van der Waals surface area (Å²) >= 11 is 6.30. The molecule has 4 rings (SSSR count). The number of aryl methyl sites for hydroxylation is 1. The first kappa shape index (κ1) is 31.4. The summed E-state index contributed by atoms with van der Waals surface area (Å²) in [6, 6.07) is 19.9. The van der Waals surface area contributed by atoms with Crippen molar-refractivity contribution in [2.45, 2.75) is 62.9 Å². The number of nitrogens with one attached hydrogen (secondary N) is 1. The molecule has 3 aromatic rings. The third kappa shape index (κ3) is 7.63. The third-order valence-corrected chi connectivity index (χ3v) is 9.66. The molecule has 0 heterocycles. The molecular formula is C32H38ClN3O5S. The molecule has 8 nitrogen and oxygen atoms in total. The van der Waals surface area contributed by atoms with Gasteiger partial charge in [0, 0.05) is 17.6 Å². The summed E-state index contributed by atoms with van der Waals surface area (Å²) in [6.07, 6.45) is 4.44. The number of nitrogens with zero attached hydrogens (tertiary/aromatic N) is 2. The quantitative estimate of drug-likeness (QED) is 0.297. The summed E-state index contributed by atoms with van der Waals surface area (Å²) in [5, 5.41) is 3.37. The zero-order chi connectivity index (χ0) is 30.3. The molecular weight excluding hydrogens is 574 g/mol. The topological polar surface area (TPSA) is 96.0 Å². The lowest BCUT2D eigenvalue weighted by molar-refractivity contribution is -0.139. The van der Waals surface area contributed by atoms with E-state index in [1.165, 1.54) is 30.2 Å². The number of ether oxygens (including phenoxy) is 1. The Hall–Kier alpha value is -3.56. The van der Waals surface area contributed by atoms with Crippen molar-refractivity contribution < 1.29 is 22.7 Å². The van der Waals surface area contributed by atoms with Gasteiger partial charge in [0.1, 0.15) is 18.3 Å². The number of halogens is 1. The number of hydrogen-bond acceptors (Lipinski definition) is 5. The lowest BCUT2D eigenvalue weighted by Gasteiger charge is -2.33. The van der Waals surface area contributed by atoms with E-state index >= 15 is 0 Å². The van der Waals surface area contributed by atoms with Gasteiger partial charge in [-0.2, -0.15) is 0 Å². The molecule has 1 aliphatic rings. The standard InChI is InChI=1S/C32H38ClN3O5S/c1-23-13-16-28(17-14-23)42(39,40)36(29-21-26(33)15-18-30(29)41-3)22-31(37)35(20-19-25-9-5-4-6-10-25)24(2)32(38)34-27-11-7-8-12-27/h4-6,9-10,13-18,21,24,27H,7-8,11-12,19-20,22H2,1-3H3,(H,34,38)/t24-/m0/s1. The average molecular weight is 612 g/mol. The molecule has 10 heteroatoms. The highest BCUT2D eigenvalue weighted by molar-refractivity contribution is 7.92. The molecule has 0 aliphatic heterocycles. The van der Waals surface area contributed by atoms with Gasteiger partial charge in [0.15, 0.2) is 0 Å². The molecule has 0 radical (unpaired) electrons. The minimum atomic E-state index is -4.23. The molecule has 2 amide bonds. The molecule has 0 unspecified atom stereocenters. The Bertz CT molecular complexity index is 1480. The fourth-order valence-electron chi connectivity index (χ4n) is 5.17. The summed E-state index contributed by atoms with van der Waals surface area (Å²) in [4.78, 5) is 28.9. The molecule has 0 bridgehead atoms. The minimum absolute atomic E-state index is 0.0192. The molecule has 1 atom stereocenters. The Morgan fingerprint density at radius 2 is 1.69 bits per heavy atom. The molecule has 1 N–H and O–H groups in total. The predicted molar refractivity (Wildman–Crippen MR) is 165 cm³/mol. The van der Waals surface area contributed by atoms with Crippen molar-refractivity contribution in [3.63, 3.8) is 0 Å². The van der Waals surface area contributed by atoms with Crippen molar-refractivity contribution in [3.05, 3.63) is 88.9 Å². The second-order valence-corrected chi connectivity index (χ2v) is 12.9. The fourth-order valence-corrected chi connectivity index (χ4v) is 6.75. The van der Waals surface area contributed by atoms with Crippen LogP contribution >= 0.6 is 11.6 Å². The number of amides is 2. The lowest BCUT2D eigenvalue weighted by atomic mass is 10.1. The van der Waals surface area contributed by atoms with Crippen LogP contribution in [0.25, 0.3) is 0 Å². The Balaban J connectivity index is 1.70. The van der Waals surface area contributed by atoms with Gasteiger partial charge in [0.2, 0.25) is 11.8 Å². The highest BCUT2D eigenvalue weighted by Gasteiger charge is 2.34. The van der Waals surface area contributed by atoms with E-state index in [0.717, 1.165) is 41.1 Å². The number of sulfonamides is 1. The Labute approximate surface area is 253 Å². The Kier molecular flexibility index (Phi) is 10.5. The van der Waals surface area contributed by atoms with Crippen LogP contribution < -0.4 is 14.4 Å². The van der Waals surface area contributed by atoms with Crippen molar-refractivity contribution in [2.24, 2.45) is 0 Å². The van der Waals surface area contributed by atoms with Gasteiger partial charge < -0.3 is 15.0 Å². The van der Waals surface area contributed by atoms with Gasteiger partial charge in [0.25, 0.3) is 10.0 Å². The molecule has 3 aromatic carbocycles. The Morgan fingerprint density at radius 1 is 1.02 bits per heavy atom. The third-order valence-electron chi connectivity index (χ3n) is 7.65. The molecule has 0 saturated heterocycles. The van der Waals surface area contributed by atoms with Crippen LogP contribution in [0.2, 0.25) is 5.02 Å². The summed E-state index contributed by atoms with van der Waals surface area (Å²) in [6.45, 7) is 3.22. The first-order valence-corrected chi connectivity index (χ1v) is 16.0. The Morgan fingerprint density at radius 3 is 2.33 bits per heavy atom. The van der Waals surface area contributed by atoms with Gasteiger partial charge in [-0.15, -0.1) is 0 Å². The number of methoxy groups -OCH3 is 1. The van der Waals surface area contributed by atoms with Gasteiger partial charge in [-0.3, -0.25) is 13.9 Å². The first-order chi connectivity index (χ1) is 20.1. The van der Waals surface area contributed by atoms with E-state index in [4.69, 9.17) is 16.3 Å². The largest absolute Gasteiger partial charge is 0.495 e. The van der Waals surface area contributed by atoms with Crippen molar-refractivity contribution in [3.8, 4) is 5.75 Å². The molecule has 1 fully saturated rings. The van der Waals surface area contributed by atoms with E-state index in [9.17, 15) is 18.0 Å². The second kappa shape index (κ2) is 14.1. The molecule has 42 heavy (non-hydrogen) atoms. The van der Waals surface area contributed by atoms with Gasteiger partial charge in [-0.1, -0.05) is 72.5 Å². The maximum Gasteiger partial charge on any atom is 0.264 e. The molecule has 1 saturated carbocycles. The smallest absolute Gasteiger partial charge is 0.264 e. The number of benzene rings is 3. The number of hydrogen-bond donors (Lipinski definition) is 1. The van der Waals surface area contributed by atoms with Crippen molar-refractivity contribution in [2.75, 3.05) is 24.5 Å². The highest BCUT2D eigenvalue weighted by Crippen LogP contribution is 2.35. The van der Waals surface area contributed by atoms with Crippen LogP contribution in [-0.4, -0.2) is 57.4 Å². The van der Waals surface area contributed by atoms with Crippen LogP contribution in [0.5, 0.6) is 5.75 Å². The fraction of sp³-hybridized carbons (Fsp3) is 0.375. The first-order valence-electron chi connectivity index (χ1n) is 14.2. The summed E-state index contributed by atoms with van der Waals surface area (Å²) < 4.78 is 34.6. The molecule has 1 aliphatic carbocycles. The summed E-state index contributed by atoms with van der Waals surface area (Å²) in [5.41, 5.74) is 2.02. The zero-order valence-electron chi connectivity index (χ0n) is 24.3. The number of rotatable bonds is 12. The van der Waals surface area contributed by atoms with Gasteiger partial charge in [-0.25, -0.2) is 8.42 Å². The second-order valence-electron chi connectivity index (χ2n) is 10.6. The zero-order valence-corrected chi connectivity index (χ0v) is 25.8. The molecule has 224 valence electrons. The van der Waals surface area contributed by atoms with Crippen molar-refractivity contribution in [1.29, 1.82) is 0 Å². The lowest BCUT2D eigenvalue weighted by Crippen LogP contribution is -2.53. The molecule has 0 aromatic heterocycles. The van der Waals surface area contributed by atoms with Crippen LogP contribution in [0.3, 0.4) is 0 Å². The van der Waals surface area contributed by atoms with Gasteiger partial charge in [-0.05, 0) is 69.0 Å². The van der Waals surface area contributed by atoms with E-state index in [1.807, 2.05) is 37.3 Å². The summed E-state index contributed by atoms with van der Waals surface area (Å²) in [7, 11) is -2.81.